The molecule has 0 saturated carbocycles. The van der Waals surface area contributed by atoms with Crippen molar-refractivity contribution in [2.75, 3.05) is 0 Å². The van der Waals surface area contributed by atoms with Crippen molar-refractivity contribution >= 4 is 41.1 Å². The summed E-state index contributed by atoms with van der Waals surface area (Å²) in [6, 6.07) is 1.89. The van der Waals surface area contributed by atoms with Crippen LogP contribution in [0.25, 0.3) is 6.08 Å². The Morgan fingerprint density at radius 1 is 1.00 bits per heavy atom. The van der Waals surface area contributed by atoms with Crippen molar-refractivity contribution in [3.63, 3.8) is 0 Å². The van der Waals surface area contributed by atoms with Crippen LogP contribution in [0.15, 0.2) is 55.8 Å². The number of aryl methyl sites for hydroxylation is 1. The summed E-state index contributed by atoms with van der Waals surface area (Å²) in [5.74, 6) is -0.151. The van der Waals surface area contributed by atoms with Crippen LogP contribution in [0.5, 0.6) is 0 Å². The van der Waals surface area contributed by atoms with Crippen molar-refractivity contribution in [2.45, 2.75) is 114 Å². The first kappa shape index (κ1) is 52.8. The first-order valence-electron chi connectivity index (χ1n) is 15.2. The van der Waals surface area contributed by atoms with Crippen LogP contribution in [0.1, 0.15) is 124 Å². The molecule has 1 rings (SSSR count). The van der Waals surface area contributed by atoms with Crippen LogP contribution in [0.2, 0.25) is 0 Å². The van der Waals surface area contributed by atoms with E-state index in [2.05, 4.69) is 19.7 Å². The zero-order valence-corrected chi connectivity index (χ0v) is 29.8. The fraction of sp³-hybridized carbons (Fsp3) is 0.500. The summed E-state index contributed by atoms with van der Waals surface area (Å²) in [5.41, 5.74) is 2.23. The molecule has 0 saturated heterocycles. The maximum absolute atomic E-state index is 11.0. The van der Waals surface area contributed by atoms with Gasteiger partial charge in [0.2, 0.25) is 0 Å². The third-order valence-electron chi connectivity index (χ3n) is 4.75. The van der Waals surface area contributed by atoms with Crippen LogP contribution < -0.4 is 0 Å². The van der Waals surface area contributed by atoms with Gasteiger partial charge in [0.25, 0.3) is 0 Å². The van der Waals surface area contributed by atoms with E-state index >= 15 is 0 Å². The van der Waals surface area contributed by atoms with Gasteiger partial charge in [-0.05, 0) is 71.6 Å². The van der Waals surface area contributed by atoms with E-state index in [9.17, 15) is 24.3 Å². The van der Waals surface area contributed by atoms with Crippen molar-refractivity contribution in [3.05, 3.63) is 67.1 Å². The summed E-state index contributed by atoms with van der Waals surface area (Å²) >= 11 is 0. The summed E-state index contributed by atoms with van der Waals surface area (Å²) in [5, 5.41) is 23.7. The van der Waals surface area contributed by atoms with E-state index in [1.165, 1.54) is 19.9 Å². The Kier molecular flexibility index (Phi) is 47.1. The van der Waals surface area contributed by atoms with E-state index in [0.717, 1.165) is 24.1 Å². The molecule has 0 bridgehead atoms. The van der Waals surface area contributed by atoms with Crippen molar-refractivity contribution in [1.82, 2.24) is 4.57 Å². The maximum Gasteiger partial charge on any atom is 0.163 e. The van der Waals surface area contributed by atoms with Crippen LogP contribution in [-0.4, -0.2) is 50.8 Å². The first-order valence-corrected chi connectivity index (χ1v) is 15.2. The van der Waals surface area contributed by atoms with Crippen LogP contribution >= 0.6 is 0 Å². The highest BCUT2D eigenvalue weighted by Gasteiger charge is 2.16. The number of hydrogen-bond acceptors (Lipinski definition) is 7. The molecular formula is C36H63N3O5. The fourth-order valence-corrected chi connectivity index (χ4v) is 2.33. The molecule has 1 aromatic heterocycles. The van der Waals surface area contributed by atoms with Crippen molar-refractivity contribution in [1.29, 1.82) is 10.8 Å². The van der Waals surface area contributed by atoms with Gasteiger partial charge in [0.1, 0.15) is 6.10 Å². The number of ketones is 3. The maximum atomic E-state index is 11.0. The molecule has 0 spiro atoms. The van der Waals surface area contributed by atoms with E-state index in [4.69, 9.17) is 10.8 Å². The van der Waals surface area contributed by atoms with Crippen molar-refractivity contribution in [2.24, 2.45) is 7.05 Å². The van der Waals surface area contributed by atoms with Gasteiger partial charge in [0.05, 0.1) is 5.71 Å². The highest BCUT2D eigenvalue weighted by molar-refractivity contribution is 6.26. The van der Waals surface area contributed by atoms with E-state index in [1.54, 1.807) is 13.0 Å². The molecule has 0 aliphatic rings. The number of rotatable bonds is 13. The number of unbranched alkanes of at least 4 members (excludes halogenated alkanes) is 1. The summed E-state index contributed by atoms with van der Waals surface area (Å²) in [7, 11) is 1.93. The second-order valence-electron chi connectivity index (χ2n) is 8.22. The predicted octanol–water partition coefficient (Wildman–Crippen LogP) is 8.97. The van der Waals surface area contributed by atoms with Gasteiger partial charge < -0.3 is 20.5 Å². The molecule has 252 valence electrons. The molecule has 0 radical (unpaired) electrons. The molecule has 1 unspecified atom stereocenters. The molecule has 0 amide bonds. The number of carbonyl (C=O) groups excluding carboxylic acids is 4. The Bertz CT molecular complexity index is 1000. The van der Waals surface area contributed by atoms with Crippen molar-refractivity contribution in [3.8, 4) is 0 Å². The summed E-state index contributed by atoms with van der Waals surface area (Å²) in [4.78, 5) is 41.2. The standard InChI is InChI=1S/C10H15NO2.C10H13NO.C6H11NO.C4H6O.3C2H6/c1-4-5-6-9(11)10(13)7(2)8(3)12;1-4-5-10-6-9(8(2)12)7-11(10)3;1-2-3-4-6(7)5-8;1-3-4(2)5;3*1-2/h4,10-11,13H,1-2,5-6H2,3H3;4-7H,1-3H3;5,7H,2-4H2,1H3;3H,1H2,2H3;3*1-2H3/b;5-4-;;;;;. The minimum atomic E-state index is -1.13. The van der Waals surface area contributed by atoms with Crippen LogP contribution in [-0.2, 0) is 21.4 Å². The zero-order valence-electron chi connectivity index (χ0n) is 29.8. The molecule has 44 heavy (non-hydrogen) atoms. The molecule has 3 N–H and O–H groups in total. The lowest BCUT2D eigenvalue weighted by molar-refractivity contribution is -0.114. The molecule has 0 fully saturated rings. The second kappa shape index (κ2) is 39.2. The molecule has 1 heterocycles. The van der Waals surface area contributed by atoms with Gasteiger partial charge in [-0.15, -0.1) is 6.58 Å². The zero-order chi connectivity index (χ0) is 36.3. The predicted molar refractivity (Wildman–Crippen MR) is 191 cm³/mol. The number of aromatic nitrogens is 1. The Hall–Kier alpha value is -3.78. The normalized spacial score (nSPS) is 9.20. The summed E-state index contributed by atoms with van der Waals surface area (Å²) < 4.78 is 1.94. The van der Waals surface area contributed by atoms with E-state index < -0.39 is 6.10 Å². The quantitative estimate of drug-likeness (QED) is 0.0666. The number of Topliss-reactive ketones (excluding diaryl/α,β-unsaturated/α-hetero) is 2. The molecule has 1 aromatic rings. The van der Waals surface area contributed by atoms with E-state index in [1.807, 2.05) is 91.4 Å². The van der Waals surface area contributed by atoms with Gasteiger partial charge in [-0.3, -0.25) is 19.2 Å². The minimum absolute atomic E-state index is 0.0185. The number of carbonyl (C=O) groups is 4. The van der Waals surface area contributed by atoms with Gasteiger partial charge in [0, 0.05) is 35.8 Å². The van der Waals surface area contributed by atoms with Crippen LogP contribution in [0.3, 0.4) is 0 Å². The number of hydrogen-bond donors (Lipinski definition) is 3. The minimum Gasteiger partial charge on any atom is -0.382 e. The Balaban J connectivity index is -0.000000107. The van der Waals surface area contributed by atoms with Gasteiger partial charge in [0.15, 0.2) is 23.6 Å². The average molecular weight is 618 g/mol. The molecular weight excluding hydrogens is 554 g/mol. The number of allylic oxidation sites excluding steroid dienone is 3. The van der Waals surface area contributed by atoms with Crippen LogP contribution in [0.4, 0.5) is 0 Å². The van der Waals surface area contributed by atoms with Gasteiger partial charge in [-0.2, -0.15) is 0 Å². The van der Waals surface area contributed by atoms with Crippen LogP contribution in [0, 0.1) is 10.8 Å². The molecule has 8 nitrogen and oxygen atoms in total. The van der Waals surface area contributed by atoms with E-state index in [0.29, 0.717) is 25.5 Å². The summed E-state index contributed by atoms with van der Waals surface area (Å²) in [6.07, 6.45) is 11.9. The molecule has 0 aliphatic heterocycles. The Morgan fingerprint density at radius 2 is 1.48 bits per heavy atom. The molecule has 8 heteroatoms. The number of aliphatic hydroxyl groups is 1. The lowest BCUT2D eigenvalue weighted by atomic mass is 10.0. The van der Waals surface area contributed by atoms with Gasteiger partial charge in [-0.25, -0.2) is 0 Å². The van der Waals surface area contributed by atoms with Gasteiger partial charge >= 0.3 is 0 Å². The lowest BCUT2D eigenvalue weighted by Gasteiger charge is -2.11. The SMILES string of the molecule is C/C=C\c1cc(C(C)=O)cn1C.C=CC(C)=O.C=CCCC(=N)C(O)C(=C)C(C)=O.CC.CC.CC.CCCCC(=N)C=O. The third kappa shape index (κ3) is 34.4. The largest absolute Gasteiger partial charge is 0.382 e. The highest BCUT2D eigenvalue weighted by Crippen LogP contribution is 2.09. The van der Waals surface area contributed by atoms with Gasteiger partial charge in [-0.1, -0.05) is 80.2 Å². The summed E-state index contributed by atoms with van der Waals surface area (Å²) in [6.45, 7) is 30.5. The smallest absolute Gasteiger partial charge is 0.163 e. The molecule has 0 aromatic carbocycles. The first-order chi connectivity index (χ1) is 20.7. The number of nitrogens with one attached hydrogen (secondary N) is 2. The monoisotopic (exact) mass is 617 g/mol. The fourth-order valence-electron chi connectivity index (χ4n) is 2.33. The number of aliphatic hydroxyl groups excluding tert-OH is 1. The Labute approximate surface area is 269 Å². The molecule has 1 atom stereocenters. The van der Waals surface area contributed by atoms with Crippen molar-refractivity contribution < 1.29 is 24.3 Å². The Morgan fingerprint density at radius 3 is 1.77 bits per heavy atom. The lowest BCUT2D eigenvalue weighted by Crippen LogP contribution is -2.24. The number of aldehydes is 1. The third-order valence-corrected chi connectivity index (χ3v) is 4.75. The topological polar surface area (TPSA) is 141 Å². The van der Waals surface area contributed by atoms with E-state index in [-0.39, 0.29) is 34.3 Å². The molecule has 0 aliphatic carbocycles. The second-order valence-corrected chi connectivity index (χ2v) is 8.22. The highest BCUT2D eigenvalue weighted by atomic mass is 16.3. The average Bonchev–Trinajstić information content (AvgIpc) is 3.41. The number of nitrogens with zero attached hydrogens (tertiary/aromatic N) is 1.